The van der Waals surface area contributed by atoms with Crippen molar-refractivity contribution in [2.45, 2.75) is 25.8 Å². The molecule has 0 bridgehead atoms. The minimum Gasteiger partial charge on any atom is -0.497 e. The van der Waals surface area contributed by atoms with Gasteiger partial charge in [-0.3, -0.25) is 4.79 Å². The molecule has 0 radical (unpaired) electrons. The maximum Gasteiger partial charge on any atom is 0.258 e. The number of amides is 1. The SMILES string of the molecule is COc1ccc(-n2nc(C)c3sc(N4CCC(NC(=O)COc5ccc(F)cc5)CC4)nc32)cc1. The molecular formula is C25H26FN5O3S. The number of fused-ring (bicyclic) bond motifs is 1. The van der Waals surface area contributed by atoms with E-state index in [-0.39, 0.29) is 24.4 Å². The molecule has 0 spiro atoms. The van der Waals surface area contributed by atoms with E-state index in [2.05, 4.69) is 15.3 Å². The highest BCUT2D eigenvalue weighted by Crippen LogP contribution is 2.34. The van der Waals surface area contributed by atoms with Crippen LogP contribution in [-0.4, -0.2) is 53.5 Å². The van der Waals surface area contributed by atoms with Crippen LogP contribution in [0.5, 0.6) is 11.5 Å². The summed E-state index contributed by atoms with van der Waals surface area (Å²) in [5.74, 6) is 0.749. The van der Waals surface area contributed by atoms with E-state index in [1.807, 2.05) is 35.9 Å². The van der Waals surface area contributed by atoms with E-state index in [0.29, 0.717) is 5.75 Å². The number of anilines is 1. The first-order valence-corrected chi connectivity index (χ1v) is 12.2. The molecule has 10 heteroatoms. The number of rotatable bonds is 7. The van der Waals surface area contributed by atoms with Gasteiger partial charge in [0.15, 0.2) is 17.4 Å². The number of nitrogens with zero attached hydrogens (tertiary/aromatic N) is 4. The summed E-state index contributed by atoms with van der Waals surface area (Å²) in [7, 11) is 1.65. The topological polar surface area (TPSA) is 81.5 Å². The number of hydrogen-bond donors (Lipinski definition) is 1. The first kappa shape index (κ1) is 23.1. The molecule has 1 aliphatic heterocycles. The lowest BCUT2D eigenvalue weighted by Gasteiger charge is -2.32. The average molecular weight is 496 g/mol. The van der Waals surface area contributed by atoms with Crippen LogP contribution in [0.3, 0.4) is 0 Å². The van der Waals surface area contributed by atoms with Gasteiger partial charge in [0.25, 0.3) is 5.91 Å². The van der Waals surface area contributed by atoms with Gasteiger partial charge in [0.2, 0.25) is 0 Å². The number of carbonyl (C=O) groups is 1. The molecule has 182 valence electrons. The van der Waals surface area contributed by atoms with Gasteiger partial charge >= 0.3 is 0 Å². The molecule has 1 N–H and O–H groups in total. The summed E-state index contributed by atoms with van der Waals surface area (Å²) in [5, 5.41) is 8.68. The second-order valence-electron chi connectivity index (χ2n) is 8.42. The highest BCUT2D eigenvalue weighted by Gasteiger charge is 2.24. The molecule has 3 heterocycles. The third-order valence-corrected chi connectivity index (χ3v) is 7.22. The first-order valence-electron chi connectivity index (χ1n) is 11.4. The van der Waals surface area contributed by atoms with Crippen LogP contribution in [0.15, 0.2) is 48.5 Å². The standard InChI is InChI=1S/C25H26FN5O3S/c1-16-23-24(31(29-16)19-5-9-20(33-2)10-6-19)28-25(35-23)30-13-11-18(12-14-30)27-22(32)15-34-21-7-3-17(26)4-8-21/h3-10,18H,11-15H2,1-2H3,(H,27,32). The molecule has 1 aliphatic rings. The van der Waals surface area contributed by atoms with Crippen molar-refractivity contribution in [3.05, 3.63) is 60.0 Å². The predicted octanol–water partition coefficient (Wildman–Crippen LogP) is 4.10. The number of ether oxygens (including phenoxy) is 2. The lowest BCUT2D eigenvalue weighted by molar-refractivity contribution is -0.123. The molecule has 8 nitrogen and oxygen atoms in total. The summed E-state index contributed by atoms with van der Waals surface area (Å²) in [5.41, 5.74) is 2.73. The minimum atomic E-state index is -0.338. The Kier molecular flexibility index (Phi) is 6.54. The second-order valence-corrected chi connectivity index (χ2v) is 9.39. The van der Waals surface area contributed by atoms with Gasteiger partial charge in [-0.15, -0.1) is 0 Å². The van der Waals surface area contributed by atoms with Gasteiger partial charge in [0, 0.05) is 19.1 Å². The van der Waals surface area contributed by atoms with Crippen LogP contribution in [-0.2, 0) is 4.79 Å². The zero-order chi connectivity index (χ0) is 24.4. The minimum absolute atomic E-state index is 0.0847. The summed E-state index contributed by atoms with van der Waals surface area (Å²) >= 11 is 1.65. The van der Waals surface area contributed by atoms with Crippen molar-refractivity contribution in [3.63, 3.8) is 0 Å². The predicted molar refractivity (Wildman–Crippen MR) is 133 cm³/mol. The number of carbonyl (C=O) groups excluding carboxylic acids is 1. The Morgan fingerprint density at radius 3 is 2.49 bits per heavy atom. The Bertz CT molecular complexity index is 1310. The first-order chi connectivity index (χ1) is 17.0. The number of nitrogens with one attached hydrogen (secondary N) is 1. The van der Waals surface area contributed by atoms with Gasteiger partial charge in [0.1, 0.15) is 17.3 Å². The molecule has 0 aliphatic carbocycles. The molecule has 5 rings (SSSR count). The van der Waals surface area contributed by atoms with Gasteiger partial charge < -0.3 is 19.7 Å². The van der Waals surface area contributed by atoms with Crippen LogP contribution in [0.25, 0.3) is 16.0 Å². The summed E-state index contributed by atoms with van der Waals surface area (Å²) < 4.78 is 26.6. The summed E-state index contributed by atoms with van der Waals surface area (Å²) in [4.78, 5) is 19.5. The van der Waals surface area contributed by atoms with E-state index in [1.165, 1.54) is 24.3 Å². The molecular weight excluding hydrogens is 469 g/mol. The monoisotopic (exact) mass is 495 g/mol. The van der Waals surface area contributed by atoms with E-state index in [4.69, 9.17) is 14.5 Å². The third kappa shape index (κ3) is 5.07. The van der Waals surface area contributed by atoms with Gasteiger partial charge in [-0.2, -0.15) is 10.1 Å². The Morgan fingerprint density at radius 1 is 1.11 bits per heavy atom. The molecule has 1 amide bonds. The highest BCUT2D eigenvalue weighted by atomic mass is 32.1. The van der Waals surface area contributed by atoms with Crippen LogP contribution in [0, 0.1) is 12.7 Å². The van der Waals surface area contributed by atoms with Crippen molar-refractivity contribution in [2.75, 3.05) is 31.7 Å². The molecule has 2 aromatic carbocycles. The number of halogens is 1. The van der Waals surface area contributed by atoms with Gasteiger partial charge in [-0.05, 0) is 68.3 Å². The van der Waals surface area contributed by atoms with Crippen molar-refractivity contribution < 1.29 is 18.7 Å². The Hall–Kier alpha value is -3.66. The number of methoxy groups -OCH3 is 1. The largest absolute Gasteiger partial charge is 0.497 e. The number of aromatic nitrogens is 3. The summed E-state index contributed by atoms with van der Waals surface area (Å²) in [6.45, 7) is 3.51. The van der Waals surface area contributed by atoms with E-state index in [0.717, 1.165) is 58.5 Å². The van der Waals surface area contributed by atoms with Crippen molar-refractivity contribution >= 4 is 32.7 Å². The maximum absolute atomic E-state index is 13.0. The summed E-state index contributed by atoms with van der Waals surface area (Å²) in [6.07, 6.45) is 1.64. The normalized spacial score (nSPS) is 14.3. The molecule has 0 saturated carbocycles. The Morgan fingerprint density at radius 2 is 1.80 bits per heavy atom. The van der Waals surface area contributed by atoms with E-state index in [9.17, 15) is 9.18 Å². The maximum atomic E-state index is 13.0. The fourth-order valence-corrected chi connectivity index (χ4v) is 5.16. The third-order valence-electron chi connectivity index (χ3n) is 6.01. The van der Waals surface area contributed by atoms with Crippen LogP contribution in [0.1, 0.15) is 18.5 Å². The second kappa shape index (κ2) is 9.91. The van der Waals surface area contributed by atoms with Gasteiger partial charge in [-0.25, -0.2) is 9.07 Å². The van der Waals surface area contributed by atoms with E-state index >= 15 is 0 Å². The van der Waals surface area contributed by atoms with Crippen molar-refractivity contribution in [1.29, 1.82) is 0 Å². The number of thiazole rings is 1. The van der Waals surface area contributed by atoms with Crippen molar-refractivity contribution in [3.8, 4) is 17.2 Å². The van der Waals surface area contributed by atoms with Gasteiger partial charge in [-0.1, -0.05) is 11.3 Å². The smallest absolute Gasteiger partial charge is 0.258 e. The molecule has 1 fully saturated rings. The number of aryl methyl sites for hydroxylation is 1. The fraction of sp³-hybridized carbons (Fsp3) is 0.320. The van der Waals surface area contributed by atoms with E-state index in [1.54, 1.807) is 18.4 Å². The van der Waals surface area contributed by atoms with Crippen LogP contribution in [0.2, 0.25) is 0 Å². The zero-order valence-corrected chi connectivity index (χ0v) is 20.3. The number of piperidine rings is 1. The number of benzene rings is 2. The van der Waals surface area contributed by atoms with E-state index < -0.39 is 0 Å². The molecule has 35 heavy (non-hydrogen) atoms. The Labute approximate surface area is 206 Å². The molecule has 0 atom stereocenters. The average Bonchev–Trinajstić information content (AvgIpc) is 3.45. The lowest BCUT2D eigenvalue weighted by atomic mass is 10.1. The van der Waals surface area contributed by atoms with Crippen LogP contribution in [0.4, 0.5) is 9.52 Å². The molecule has 2 aromatic heterocycles. The van der Waals surface area contributed by atoms with Crippen molar-refractivity contribution in [2.24, 2.45) is 0 Å². The van der Waals surface area contributed by atoms with Gasteiger partial charge in [0.05, 0.1) is 23.2 Å². The quantitative estimate of drug-likeness (QED) is 0.416. The number of hydrogen-bond acceptors (Lipinski definition) is 7. The molecule has 4 aromatic rings. The Balaban J connectivity index is 1.19. The highest BCUT2D eigenvalue weighted by molar-refractivity contribution is 7.22. The molecule has 1 saturated heterocycles. The zero-order valence-electron chi connectivity index (χ0n) is 19.5. The molecule has 0 unspecified atom stereocenters. The van der Waals surface area contributed by atoms with Crippen LogP contribution < -0.4 is 19.7 Å². The summed E-state index contributed by atoms with van der Waals surface area (Å²) in [6, 6.07) is 13.5. The van der Waals surface area contributed by atoms with Crippen LogP contribution >= 0.6 is 11.3 Å². The fourth-order valence-electron chi connectivity index (χ4n) is 4.13. The lowest BCUT2D eigenvalue weighted by Crippen LogP contribution is -2.46. The van der Waals surface area contributed by atoms with Crippen molar-refractivity contribution in [1.82, 2.24) is 20.1 Å².